The number of aliphatic hydroxyl groups is 1. The van der Waals surface area contributed by atoms with E-state index in [1.165, 1.54) is 0 Å². The Hall–Kier alpha value is -2.77. The Morgan fingerprint density at radius 3 is 1.81 bits per heavy atom. The van der Waals surface area contributed by atoms with Gasteiger partial charge in [-0.15, -0.1) is 0 Å². The molecule has 0 fully saturated rings. The number of unbranched alkanes of at least 4 members (excludes halogenated alkanes) is 1. The molecule has 0 bridgehead atoms. The number of hydrogen-bond acceptors (Lipinski definition) is 8. The van der Waals surface area contributed by atoms with Gasteiger partial charge >= 0.3 is 11.9 Å². The first-order valence-electron chi connectivity index (χ1n) is 10.4. The van der Waals surface area contributed by atoms with Crippen LogP contribution in [0.15, 0.2) is 0 Å². The zero-order valence-electron chi connectivity index (χ0n) is 18.4. The summed E-state index contributed by atoms with van der Waals surface area (Å²) in [5.41, 5.74) is 11.3. The summed E-state index contributed by atoms with van der Waals surface area (Å²) < 4.78 is 0. The van der Waals surface area contributed by atoms with Crippen molar-refractivity contribution in [1.29, 1.82) is 0 Å². The first kappa shape index (κ1) is 29.2. The van der Waals surface area contributed by atoms with Gasteiger partial charge in [-0.3, -0.25) is 19.2 Å². The maximum atomic E-state index is 12.7. The standard InChI is InChI=1S/C19H35N5O8/c1-10(2)15(21)18(30)22-11(5-3-4-8-20)16(28)24-13(9-25)17(29)23-12(19(31)32)6-7-14(26)27/h10-13,15,25H,3-9,20-21H2,1-2H3,(H,22,30)(H,23,29)(H,24,28)(H,26,27)(H,31,32). The molecule has 10 N–H and O–H groups in total. The summed E-state index contributed by atoms with van der Waals surface area (Å²) in [6.07, 6.45) is 0.406. The average molecular weight is 462 g/mol. The lowest BCUT2D eigenvalue weighted by Crippen LogP contribution is -2.58. The Labute approximate surface area is 186 Å². The molecule has 0 aromatic heterocycles. The fourth-order valence-corrected chi connectivity index (χ4v) is 2.60. The number of hydrogen-bond donors (Lipinski definition) is 8. The molecule has 3 amide bonds. The van der Waals surface area contributed by atoms with Crippen LogP contribution >= 0.6 is 0 Å². The fraction of sp³-hybridized carbons (Fsp3) is 0.737. The zero-order chi connectivity index (χ0) is 24.8. The predicted molar refractivity (Wildman–Crippen MR) is 113 cm³/mol. The predicted octanol–water partition coefficient (Wildman–Crippen LogP) is -2.51. The number of aliphatic hydroxyl groups excluding tert-OH is 1. The van der Waals surface area contributed by atoms with E-state index in [2.05, 4.69) is 16.0 Å². The van der Waals surface area contributed by atoms with Gasteiger partial charge in [0.05, 0.1) is 12.6 Å². The number of carboxylic acids is 2. The highest BCUT2D eigenvalue weighted by Crippen LogP contribution is 2.05. The molecule has 0 aliphatic carbocycles. The molecular formula is C19H35N5O8. The molecule has 0 heterocycles. The van der Waals surface area contributed by atoms with Crippen molar-refractivity contribution < 1.29 is 39.3 Å². The van der Waals surface area contributed by atoms with Crippen LogP contribution in [0, 0.1) is 5.92 Å². The van der Waals surface area contributed by atoms with Gasteiger partial charge < -0.3 is 42.7 Å². The summed E-state index contributed by atoms with van der Waals surface area (Å²) in [6.45, 7) is 3.01. The summed E-state index contributed by atoms with van der Waals surface area (Å²) in [7, 11) is 0. The summed E-state index contributed by atoms with van der Waals surface area (Å²) in [5, 5.41) is 34.3. The van der Waals surface area contributed by atoms with E-state index in [9.17, 15) is 29.1 Å². The second-order valence-corrected chi connectivity index (χ2v) is 7.69. The maximum Gasteiger partial charge on any atom is 0.326 e. The number of carboxylic acid groups (broad SMARTS) is 2. The van der Waals surface area contributed by atoms with Crippen molar-refractivity contribution in [2.24, 2.45) is 17.4 Å². The second-order valence-electron chi connectivity index (χ2n) is 7.69. The van der Waals surface area contributed by atoms with Gasteiger partial charge in [0, 0.05) is 6.42 Å². The third-order valence-electron chi connectivity index (χ3n) is 4.68. The van der Waals surface area contributed by atoms with Crippen molar-refractivity contribution in [2.45, 2.75) is 70.1 Å². The van der Waals surface area contributed by atoms with Crippen LogP contribution in [0.25, 0.3) is 0 Å². The van der Waals surface area contributed by atoms with Crippen LogP contribution in [0.5, 0.6) is 0 Å². The Bertz CT molecular complexity index is 658. The summed E-state index contributed by atoms with van der Waals surface area (Å²) >= 11 is 0. The third kappa shape index (κ3) is 11.0. The molecule has 0 aromatic carbocycles. The van der Waals surface area contributed by atoms with Gasteiger partial charge in [0.15, 0.2) is 0 Å². The minimum absolute atomic E-state index is 0.183. The molecule has 0 saturated carbocycles. The summed E-state index contributed by atoms with van der Waals surface area (Å²) in [6, 6.07) is -4.94. The van der Waals surface area contributed by atoms with Crippen molar-refractivity contribution in [2.75, 3.05) is 13.2 Å². The molecule has 0 radical (unpaired) electrons. The Morgan fingerprint density at radius 2 is 1.34 bits per heavy atom. The molecule has 4 atom stereocenters. The Kier molecular flexibility index (Phi) is 13.8. The molecule has 0 aliphatic heterocycles. The highest BCUT2D eigenvalue weighted by atomic mass is 16.4. The van der Waals surface area contributed by atoms with Gasteiger partial charge in [0.1, 0.15) is 18.1 Å². The van der Waals surface area contributed by atoms with Gasteiger partial charge in [-0.1, -0.05) is 13.8 Å². The van der Waals surface area contributed by atoms with Crippen LogP contribution in [-0.4, -0.2) is 82.3 Å². The number of nitrogens with one attached hydrogen (secondary N) is 3. The minimum atomic E-state index is -1.52. The number of aliphatic carboxylic acids is 2. The SMILES string of the molecule is CC(C)C(N)C(=O)NC(CCCCN)C(=O)NC(CO)C(=O)NC(CCC(=O)O)C(=O)O. The molecular weight excluding hydrogens is 426 g/mol. The van der Waals surface area contributed by atoms with Crippen molar-refractivity contribution in [3.8, 4) is 0 Å². The molecule has 4 unspecified atom stereocenters. The van der Waals surface area contributed by atoms with E-state index < -0.39 is 66.9 Å². The molecule has 0 rings (SSSR count). The van der Waals surface area contributed by atoms with E-state index in [1.54, 1.807) is 13.8 Å². The third-order valence-corrected chi connectivity index (χ3v) is 4.68. The average Bonchev–Trinajstić information content (AvgIpc) is 2.72. The van der Waals surface area contributed by atoms with Gasteiger partial charge in [-0.2, -0.15) is 0 Å². The van der Waals surface area contributed by atoms with Crippen LogP contribution < -0.4 is 27.4 Å². The number of amides is 3. The maximum absolute atomic E-state index is 12.7. The second kappa shape index (κ2) is 15.1. The van der Waals surface area contributed by atoms with Crippen molar-refractivity contribution in [1.82, 2.24) is 16.0 Å². The summed E-state index contributed by atoms with van der Waals surface area (Å²) in [5.74, 6) is -5.22. The van der Waals surface area contributed by atoms with Gasteiger partial charge in [0.2, 0.25) is 17.7 Å². The topological polar surface area (TPSA) is 234 Å². The zero-order valence-corrected chi connectivity index (χ0v) is 18.4. The molecule has 0 aliphatic rings. The number of carbonyl (C=O) groups excluding carboxylic acids is 3. The fourth-order valence-electron chi connectivity index (χ4n) is 2.60. The van der Waals surface area contributed by atoms with Crippen molar-refractivity contribution >= 4 is 29.7 Å². The summed E-state index contributed by atoms with van der Waals surface area (Å²) in [4.78, 5) is 59.2. The smallest absolute Gasteiger partial charge is 0.326 e. The molecule has 0 spiro atoms. The molecule has 13 heteroatoms. The first-order valence-corrected chi connectivity index (χ1v) is 10.4. The molecule has 32 heavy (non-hydrogen) atoms. The Balaban J connectivity index is 5.24. The molecule has 0 aromatic rings. The monoisotopic (exact) mass is 461 g/mol. The van der Waals surface area contributed by atoms with Crippen molar-refractivity contribution in [3.05, 3.63) is 0 Å². The van der Waals surface area contributed by atoms with Crippen LogP contribution in [0.2, 0.25) is 0 Å². The molecule has 184 valence electrons. The number of carbonyl (C=O) groups is 5. The number of nitrogens with two attached hydrogens (primary N) is 2. The lowest BCUT2D eigenvalue weighted by Gasteiger charge is -2.25. The Morgan fingerprint density at radius 1 is 0.812 bits per heavy atom. The minimum Gasteiger partial charge on any atom is -0.481 e. The van der Waals surface area contributed by atoms with Crippen LogP contribution in [-0.2, 0) is 24.0 Å². The molecule has 0 saturated heterocycles. The van der Waals surface area contributed by atoms with E-state index in [-0.39, 0.29) is 18.8 Å². The van der Waals surface area contributed by atoms with Crippen LogP contribution in [0.4, 0.5) is 0 Å². The highest BCUT2D eigenvalue weighted by Gasteiger charge is 2.30. The van der Waals surface area contributed by atoms with E-state index >= 15 is 0 Å². The van der Waals surface area contributed by atoms with Gasteiger partial charge in [0.25, 0.3) is 0 Å². The highest BCUT2D eigenvalue weighted by molar-refractivity contribution is 5.94. The normalized spacial score (nSPS) is 14.7. The van der Waals surface area contributed by atoms with Crippen LogP contribution in [0.1, 0.15) is 46.0 Å². The first-order chi connectivity index (χ1) is 14.9. The molecule has 13 nitrogen and oxygen atoms in total. The van der Waals surface area contributed by atoms with E-state index in [1.807, 2.05) is 0 Å². The lowest BCUT2D eigenvalue weighted by atomic mass is 10.0. The quantitative estimate of drug-likeness (QED) is 0.112. The van der Waals surface area contributed by atoms with Crippen molar-refractivity contribution in [3.63, 3.8) is 0 Å². The van der Waals surface area contributed by atoms with E-state index in [0.717, 1.165) is 0 Å². The largest absolute Gasteiger partial charge is 0.481 e. The van der Waals surface area contributed by atoms with E-state index in [0.29, 0.717) is 19.4 Å². The van der Waals surface area contributed by atoms with Gasteiger partial charge in [-0.05, 0) is 38.1 Å². The van der Waals surface area contributed by atoms with E-state index in [4.69, 9.17) is 21.7 Å². The van der Waals surface area contributed by atoms with Gasteiger partial charge in [-0.25, -0.2) is 4.79 Å². The number of rotatable bonds is 16. The van der Waals surface area contributed by atoms with Crippen LogP contribution in [0.3, 0.4) is 0 Å². The lowest BCUT2D eigenvalue weighted by molar-refractivity contribution is -0.143.